The van der Waals surface area contributed by atoms with Crippen molar-refractivity contribution in [2.24, 2.45) is 5.92 Å². The van der Waals surface area contributed by atoms with E-state index in [0.717, 1.165) is 22.8 Å². The molecule has 1 saturated carbocycles. The third kappa shape index (κ3) is 1.92. The smallest absolute Gasteiger partial charge is 0.128 e. The summed E-state index contributed by atoms with van der Waals surface area (Å²) in [4.78, 5) is 4.64. The van der Waals surface area contributed by atoms with E-state index in [1.165, 1.54) is 12.8 Å². The first kappa shape index (κ1) is 12.3. The molecule has 0 aliphatic heterocycles. The van der Waals surface area contributed by atoms with Crippen molar-refractivity contribution >= 4 is 34.2 Å². The molecule has 3 rings (SSSR count). The average molecular weight is 283 g/mol. The topological polar surface area (TPSA) is 17.8 Å². The predicted molar refractivity (Wildman–Crippen MR) is 76.4 cm³/mol. The lowest BCUT2D eigenvalue weighted by Crippen LogP contribution is -2.11. The summed E-state index contributed by atoms with van der Waals surface area (Å²) in [6, 6.07) is 6.39. The Balaban J connectivity index is 2.24. The van der Waals surface area contributed by atoms with Crippen LogP contribution < -0.4 is 0 Å². The van der Waals surface area contributed by atoms with Crippen LogP contribution in [0.25, 0.3) is 11.0 Å². The van der Waals surface area contributed by atoms with Gasteiger partial charge in [-0.3, -0.25) is 0 Å². The van der Waals surface area contributed by atoms with Crippen LogP contribution in [0.15, 0.2) is 18.2 Å². The lowest BCUT2D eigenvalue weighted by molar-refractivity contribution is 0.480. The SMILES string of the molecule is CC(Cl)c1nc2c(Cl)cccc2n1C(C)C1CC1. The molecule has 96 valence electrons. The first-order valence-corrected chi connectivity index (χ1v) is 7.21. The molecule has 0 radical (unpaired) electrons. The monoisotopic (exact) mass is 282 g/mol. The molecule has 2 atom stereocenters. The zero-order valence-corrected chi connectivity index (χ0v) is 12.0. The summed E-state index contributed by atoms with van der Waals surface area (Å²) >= 11 is 12.5. The maximum atomic E-state index is 6.27. The Morgan fingerprint density at radius 3 is 2.67 bits per heavy atom. The van der Waals surface area contributed by atoms with Crippen LogP contribution >= 0.6 is 23.2 Å². The van der Waals surface area contributed by atoms with Gasteiger partial charge in [0.05, 0.1) is 15.9 Å². The molecule has 18 heavy (non-hydrogen) atoms. The number of rotatable bonds is 3. The fourth-order valence-electron chi connectivity index (χ4n) is 2.60. The maximum Gasteiger partial charge on any atom is 0.128 e. The third-order valence-electron chi connectivity index (χ3n) is 3.77. The number of para-hydroxylation sites is 1. The molecular formula is C14H16Cl2N2. The standard InChI is InChI=1S/C14H16Cl2N2/c1-8(15)14-17-13-11(16)4-3-5-12(13)18(14)9(2)10-6-7-10/h3-5,8-10H,6-7H2,1-2H3. The first-order chi connectivity index (χ1) is 8.59. The molecule has 4 heteroatoms. The number of alkyl halides is 1. The lowest BCUT2D eigenvalue weighted by Gasteiger charge is -2.18. The summed E-state index contributed by atoms with van der Waals surface area (Å²) in [5.74, 6) is 1.69. The van der Waals surface area contributed by atoms with Gasteiger partial charge in [-0.25, -0.2) is 4.98 Å². The number of halogens is 2. The molecule has 2 aromatic rings. The average Bonchev–Trinajstić information content (AvgIpc) is 3.09. The predicted octanol–water partition coefficient (Wildman–Crippen LogP) is 4.96. The van der Waals surface area contributed by atoms with E-state index in [2.05, 4.69) is 22.5 Å². The molecule has 1 aromatic heterocycles. The Bertz CT molecular complexity index is 585. The normalized spacial score (nSPS) is 19.1. The summed E-state index contributed by atoms with van der Waals surface area (Å²) in [5.41, 5.74) is 1.97. The number of fused-ring (bicyclic) bond motifs is 1. The molecule has 2 unspecified atom stereocenters. The maximum absolute atomic E-state index is 6.27. The Hall–Kier alpha value is -0.730. The zero-order chi connectivity index (χ0) is 12.9. The van der Waals surface area contributed by atoms with Crippen molar-refractivity contribution in [3.05, 3.63) is 29.0 Å². The van der Waals surface area contributed by atoms with Gasteiger partial charge in [0.25, 0.3) is 0 Å². The van der Waals surface area contributed by atoms with E-state index in [4.69, 9.17) is 23.2 Å². The molecule has 1 aliphatic carbocycles. The van der Waals surface area contributed by atoms with Crippen LogP contribution in [-0.2, 0) is 0 Å². The van der Waals surface area contributed by atoms with E-state index in [0.29, 0.717) is 11.1 Å². The number of hydrogen-bond acceptors (Lipinski definition) is 1. The number of hydrogen-bond donors (Lipinski definition) is 0. The minimum Gasteiger partial charge on any atom is -0.324 e. The van der Waals surface area contributed by atoms with Crippen LogP contribution in [0, 0.1) is 5.92 Å². The van der Waals surface area contributed by atoms with Gasteiger partial charge in [0, 0.05) is 6.04 Å². The van der Waals surface area contributed by atoms with Gasteiger partial charge in [0.2, 0.25) is 0 Å². The summed E-state index contributed by atoms with van der Waals surface area (Å²) in [6.07, 6.45) is 2.61. The van der Waals surface area contributed by atoms with Crippen LogP contribution in [0.4, 0.5) is 0 Å². The van der Waals surface area contributed by atoms with Crippen molar-refractivity contribution in [1.82, 2.24) is 9.55 Å². The van der Waals surface area contributed by atoms with Crippen molar-refractivity contribution in [2.75, 3.05) is 0 Å². The molecule has 1 heterocycles. The van der Waals surface area contributed by atoms with Crippen molar-refractivity contribution in [3.63, 3.8) is 0 Å². The van der Waals surface area contributed by atoms with E-state index in [-0.39, 0.29) is 5.38 Å². The second kappa shape index (κ2) is 4.43. The van der Waals surface area contributed by atoms with Crippen LogP contribution in [0.5, 0.6) is 0 Å². The second-order valence-corrected chi connectivity index (χ2v) is 6.20. The Morgan fingerprint density at radius 1 is 1.33 bits per heavy atom. The minimum atomic E-state index is -0.102. The van der Waals surface area contributed by atoms with E-state index < -0.39 is 0 Å². The fraction of sp³-hybridized carbons (Fsp3) is 0.500. The summed E-state index contributed by atoms with van der Waals surface area (Å²) in [7, 11) is 0. The van der Waals surface area contributed by atoms with Crippen molar-refractivity contribution in [1.29, 1.82) is 0 Å². The van der Waals surface area contributed by atoms with Crippen LogP contribution in [0.3, 0.4) is 0 Å². The number of benzene rings is 1. The highest BCUT2D eigenvalue weighted by Crippen LogP contribution is 2.43. The molecule has 0 N–H and O–H groups in total. The van der Waals surface area contributed by atoms with Crippen molar-refractivity contribution < 1.29 is 0 Å². The van der Waals surface area contributed by atoms with E-state index in [9.17, 15) is 0 Å². The molecule has 0 saturated heterocycles. The molecule has 0 amide bonds. The third-order valence-corrected chi connectivity index (χ3v) is 4.27. The molecule has 2 nitrogen and oxygen atoms in total. The molecule has 1 fully saturated rings. The highest BCUT2D eigenvalue weighted by atomic mass is 35.5. The fourth-order valence-corrected chi connectivity index (χ4v) is 2.96. The van der Waals surface area contributed by atoms with Gasteiger partial charge in [0.1, 0.15) is 11.3 Å². The van der Waals surface area contributed by atoms with Gasteiger partial charge in [-0.15, -0.1) is 11.6 Å². The largest absolute Gasteiger partial charge is 0.324 e. The van der Waals surface area contributed by atoms with E-state index in [1.807, 2.05) is 19.1 Å². The highest BCUT2D eigenvalue weighted by Gasteiger charge is 2.32. The van der Waals surface area contributed by atoms with Crippen molar-refractivity contribution in [2.45, 2.75) is 38.1 Å². The number of imidazole rings is 1. The molecule has 1 aliphatic rings. The molecule has 0 spiro atoms. The Morgan fingerprint density at radius 2 is 2.06 bits per heavy atom. The quantitative estimate of drug-likeness (QED) is 0.728. The Kier molecular flexibility index (Phi) is 3.03. The van der Waals surface area contributed by atoms with Gasteiger partial charge >= 0.3 is 0 Å². The van der Waals surface area contributed by atoms with Crippen LogP contribution in [-0.4, -0.2) is 9.55 Å². The van der Waals surface area contributed by atoms with Gasteiger partial charge in [-0.1, -0.05) is 17.7 Å². The van der Waals surface area contributed by atoms with E-state index >= 15 is 0 Å². The van der Waals surface area contributed by atoms with Crippen LogP contribution in [0.2, 0.25) is 5.02 Å². The van der Waals surface area contributed by atoms with Gasteiger partial charge < -0.3 is 4.57 Å². The molecule has 1 aromatic carbocycles. The Labute approximate surface area is 117 Å². The second-order valence-electron chi connectivity index (χ2n) is 5.14. The number of nitrogens with zero attached hydrogens (tertiary/aromatic N) is 2. The zero-order valence-electron chi connectivity index (χ0n) is 10.5. The first-order valence-electron chi connectivity index (χ1n) is 6.40. The molecular weight excluding hydrogens is 267 g/mol. The van der Waals surface area contributed by atoms with Gasteiger partial charge in [-0.05, 0) is 44.7 Å². The van der Waals surface area contributed by atoms with Crippen molar-refractivity contribution in [3.8, 4) is 0 Å². The van der Waals surface area contributed by atoms with E-state index in [1.54, 1.807) is 0 Å². The highest BCUT2D eigenvalue weighted by molar-refractivity contribution is 6.35. The summed E-state index contributed by atoms with van der Waals surface area (Å²) in [6.45, 7) is 4.22. The lowest BCUT2D eigenvalue weighted by atomic mass is 10.2. The van der Waals surface area contributed by atoms with Crippen LogP contribution in [0.1, 0.15) is 43.9 Å². The number of aromatic nitrogens is 2. The van der Waals surface area contributed by atoms with Gasteiger partial charge in [-0.2, -0.15) is 0 Å². The van der Waals surface area contributed by atoms with Gasteiger partial charge in [0.15, 0.2) is 0 Å². The summed E-state index contributed by atoms with van der Waals surface area (Å²) < 4.78 is 2.27. The minimum absolute atomic E-state index is 0.102. The molecule has 0 bridgehead atoms. The summed E-state index contributed by atoms with van der Waals surface area (Å²) in [5, 5.41) is 0.600.